The molecule has 18 heteroatoms. The van der Waals surface area contributed by atoms with Crippen LogP contribution in [-0.4, -0.2) is 95.9 Å². The first-order valence-electron chi connectivity index (χ1n) is 50.4. The fourth-order valence-electron chi connectivity index (χ4n) is 13.8. The molecule has 5 atom stereocenters. The number of rotatable bonds is 95. The van der Waals surface area contributed by atoms with Crippen LogP contribution in [0.1, 0.15) is 432 Å². The summed E-state index contributed by atoms with van der Waals surface area (Å²) in [5.41, 5.74) is 0. The summed E-state index contributed by atoms with van der Waals surface area (Å²) in [6, 6.07) is 0. The minimum atomic E-state index is -4.95. The van der Waals surface area contributed by atoms with Gasteiger partial charge in [0.15, 0.2) is 6.10 Å². The summed E-state index contributed by atoms with van der Waals surface area (Å²) in [5, 5.41) is 20.8. The molecule has 0 amide bonds. The Morgan fingerprint density at radius 1 is 0.232 bits per heavy atom. The van der Waals surface area contributed by atoms with E-state index >= 15 is 0 Å². The maximum absolute atomic E-state index is 13.1. The molecule has 0 aliphatic heterocycles. The van der Waals surface area contributed by atoms with E-state index in [0.717, 1.165) is 161 Å². The van der Waals surface area contributed by atoms with E-state index in [1.165, 1.54) is 212 Å². The Morgan fingerprint density at radius 2 is 0.424 bits per heavy atom. The van der Waals surface area contributed by atoms with Crippen LogP contribution in [0.3, 0.4) is 0 Å². The second kappa shape index (κ2) is 98.0. The summed E-state index contributed by atoms with van der Waals surface area (Å²) in [5.74, 6) is -1.57. The van der Waals surface area contributed by atoms with Gasteiger partial charge < -0.3 is 34.2 Å². The lowest BCUT2D eigenvalue weighted by Crippen LogP contribution is -2.30. The molecule has 5 unspecified atom stereocenters. The second-order valence-corrected chi connectivity index (χ2v) is 36.5. The van der Waals surface area contributed by atoms with Crippen molar-refractivity contribution in [3.8, 4) is 0 Å². The first kappa shape index (κ1) is 120. The molecule has 0 heterocycles. The van der Waals surface area contributed by atoms with Crippen LogP contribution in [-0.2, 0) is 55.8 Å². The SMILES string of the molecule is CC/C=C\C/C=C\C/C=C\C/C=C\C/C=C\C/C=C\CCCCCCCCCCCCCCCCCCC(=O)OCC(O)COP(=O)(O)OCC(O)COP(=O)(O)OCC(COC(=O)CCCCCCCCCCCCCCC/C=C\C/C=C\C/C=C\C/C=C\CCCCC)OC(=O)CCCCCCCCCCC/C=C\C/C=C\C/C=C\C/C=C\CCCCC. The number of phosphoric acid groups is 2. The Morgan fingerprint density at radius 3 is 0.672 bits per heavy atom. The largest absolute Gasteiger partial charge is 0.472 e. The predicted molar refractivity (Wildman–Crippen MR) is 528 cm³/mol. The molecule has 16 nitrogen and oxygen atoms in total. The van der Waals surface area contributed by atoms with Crippen molar-refractivity contribution in [2.75, 3.05) is 39.6 Å². The molecule has 0 bridgehead atoms. The van der Waals surface area contributed by atoms with Gasteiger partial charge in [0.1, 0.15) is 25.4 Å². The lowest BCUT2D eigenvalue weighted by Gasteiger charge is -2.21. The van der Waals surface area contributed by atoms with Gasteiger partial charge in [0.2, 0.25) is 0 Å². The number of allylic oxidation sites excluding steroid dienone is 28. The molecule has 0 spiro atoms. The van der Waals surface area contributed by atoms with Gasteiger partial charge in [-0.3, -0.25) is 32.5 Å². The molecule has 0 aromatic rings. The number of aliphatic hydroxyl groups excluding tert-OH is 2. The highest BCUT2D eigenvalue weighted by atomic mass is 31.2. The van der Waals surface area contributed by atoms with E-state index in [2.05, 4.69) is 191 Å². The highest BCUT2D eigenvalue weighted by Crippen LogP contribution is 2.45. The van der Waals surface area contributed by atoms with Gasteiger partial charge in [-0.25, -0.2) is 9.13 Å². The number of unbranched alkanes of at least 4 members (excludes halogenated alkanes) is 44. The highest BCUT2D eigenvalue weighted by molar-refractivity contribution is 7.47. The normalized spacial score (nSPS) is 14.4. The van der Waals surface area contributed by atoms with Gasteiger partial charge in [0, 0.05) is 19.3 Å². The van der Waals surface area contributed by atoms with E-state index in [1.54, 1.807) is 0 Å². The van der Waals surface area contributed by atoms with E-state index in [-0.39, 0.29) is 19.3 Å². The number of hydrogen-bond acceptors (Lipinski definition) is 14. The molecule has 0 aliphatic rings. The molecular weight excluding hydrogens is 1600 g/mol. The average molecular weight is 1790 g/mol. The standard InChI is InChI=1S/C107H184O16P2/c1-4-7-10-13-16-19-22-25-28-31-34-37-40-43-45-47-48-49-50-51-52-54-56-58-60-63-66-69-72-75-78-81-84-87-90-93-105(110)117-96-102(108)97-119-124(113,114)120-98-103(109)99-121-125(115,116)122-101-104(123-107(112)95-92-89-86-83-80-77-74-71-68-65-62-57-42-39-36-33-30-27-24-21-18-15-12-9-6-3)100-118-106(111)94-91-88-85-82-79-76-73-70-67-64-61-59-55-53-46-44-41-38-35-32-29-26-23-20-17-14-11-8-5-2/h7,10,16-21,25-30,34-39,43-46,48-49,57,62,102-104,108-109H,4-6,8-9,11-15,22-24,31-33,40-42,47,50-56,58-61,63-101H2,1-3H3,(H,113,114)(H,115,116)/b10-7-,19-16-,20-17-,21-18-,28-25-,29-26-,30-27-,37-34-,38-35-,39-36-,45-43-,46-44-,49-48-,62-57-. The van der Waals surface area contributed by atoms with Crippen molar-refractivity contribution < 1.29 is 75.8 Å². The van der Waals surface area contributed by atoms with Gasteiger partial charge in [-0.1, -0.05) is 422 Å². The van der Waals surface area contributed by atoms with Gasteiger partial charge in [0.05, 0.1) is 26.4 Å². The van der Waals surface area contributed by atoms with E-state index in [0.29, 0.717) is 19.3 Å². The zero-order chi connectivity index (χ0) is 90.7. The Kier molecular flexibility index (Phi) is 94.0. The first-order valence-corrected chi connectivity index (χ1v) is 53.4. The van der Waals surface area contributed by atoms with E-state index in [4.69, 9.17) is 32.3 Å². The summed E-state index contributed by atoms with van der Waals surface area (Å²) in [6.07, 6.45) is 128. The molecule has 0 aromatic carbocycles. The van der Waals surface area contributed by atoms with Crippen molar-refractivity contribution in [1.29, 1.82) is 0 Å². The van der Waals surface area contributed by atoms with E-state index < -0.39 is 91.5 Å². The van der Waals surface area contributed by atoms with Crippen LogP contribution in [0.5, 0.6) is 0 Å². The van der Waals surface area contributed by atoms with Crippen molar-refractivity contribution in [2.24, 2.45) is 0 Å². The Balaban J connectivity index is 4.58. The maximum Gasteiger partial charge on any atom is 0.472 e. The summed E-state index contributed by atoms with van der Waals surface area (Å²) in [7, 11) is -9.82. The first-order chi connectivity index (χ1) is 61.2. The molecule has 4 N–H and O–H groups in total. The quantitative estimate of drug-likeness (QED) is 0.0146. The molecule has 0 saturated carbocycles. The number of carbonyl (C=O) groups is 3. The lowest BCUT2D eigenvalue weighted by atomic mass is 10.0. The minimum Gasteiger partial charge on any atom is -0.463 e. The maximum atomic E-state index is 13.1. The third kappa shape index (κ3) is 99.3. The lowest BCUT2D eigenvalue weighted by molar-refractivity contribution is -0.161. The summed E-state index contributed by atoms with van der Waals surface area (Å²) in [6.45, 7) is 2.57. The fraction of sp³-hybridized carbons (Fsp3) is 0.710. The number of ether oxygens (including phenoxy) is 3. The number of carbonyl (C=O) groups excluding carboxylic acids is 3. The molecule has 0 aliphatic carbocycles. The smallest absolute Gasteiger partial charge is 0.463 e. The van der Waals surface area contributed by atoms with Crippen molar-refractivity contribution in [2.45, 2.75) is 450 Å². The molecule has 0 aromatic heterocycles. The second-order valence-electron chi connectivity index (χ2n) is 33.5. The zero-order valence-electron chi connectivity index (χ0n) is 79.5. The van der Waals surface area contributed by atoms with Crippen LogP contribution in [0.2, 0.25) is 0 Å². The van der Waals surface area contributed by atoms with E-state index in [1.807, 2.05) is 0 Å². The average Bonchev–Trinajstić information content (AvgIpc) is 0.897. The number of phosphoric ester groups is 2. The highest BCUT2D eigenvalue weighted by Gasteiger charge is 2.30. The van der Waals surface area contributed by atoms with Crippen molar-refractivity contribution >= 4 is 33.6 Å². The van der Waals surface area contributed by atoms with E-state index in [9.17, 15) is 43.5 Å². The predicted octanol–water partition coefficient (Wildman–Crippen LogP) is 31.8. The van der Waals surface area contributed by atoms with Crippen molar-refractivity contribution in [3.63, 3.8) is 0 Å². The van der Waals surface area contributed by atoms with Crippen LogP contribution in [0.25, 0.3) is 0 Å². The van der Waals surface area contributed by atoms with Crippen LogP contribution in [0.4, 0.5) is 0 Å². The van der Waals surface area contributed by atoms with Gasteiger partial charge >= 0.3 is 33.6 Å². The topological polar surface area (TPSA) is 231 Å². The Labute approximate surface area is 764 Å². The Bertz CT molecular complexity index is 2950. The molecule has 718 valence electrons. The minimum absolute atomic E-state index is 0.0946. The molecule has 0 radical (unpaired) electrons. The Hall–Kier alpha value is -5.09. The van der Waals surface area contributed by atoms with Crippen molar-refractivity contribution in [3.05, 3.63) is 170 Å². The number of hydrogen-bond donors (Lipinski definition) is 4. The monoisotopic (exact) mass is 1790 g/mol. The number of aliphatic hydroxyl groups is 2. The molecule has 125 heavy (non-hydrogen) atoms. The summed E-state index contributed by atoms with van der Waals surface area (Å²) < 4.78 is 61.7. The van der Waals surface area contributed by atoms with Gasteiger partial charge in [-0.15, -0.1) is 0 Å². The molecular formula is C107H184O16P2. The van der Waals surface area contributed by atoms with Gasteiger partial charge in [-0.2, -0.15) is 0 Å². The molecule has 0 fully saturated rings. The van der Waals surface area contributed by atoms with Crippen molar-refractivity contribution in [1.82, 2.24) is 0 Å². The third-order valence-corrected chi connectivity index (χ3v) is 23.3. The van der Waals surface area contributed by atoms with Crippen LogP contribution >= 0.6 is 15.6 Å². The van der Waals surface area contributed by atoms with Crippen LogP contribution in [0.15, 0.2) is 170 Å². The fourth-order valence-corrected chi connectivity index (χ4v) is 15.4. The molecule has 0 rings (SSSR count). The number of esters is 3. The third-order valence-electron chi connectivity index (χ3n) is 21.4. The van der Waals surface area contributed by atoms with Gasteiger partial charge in [0.25, 0.3) is 0 Å². The van der Waals surface area contributed by atoms with Gasteiger partial charge in [-0.05, 0) is 161 Å². The zero-order valence-corrected chi connectivity index (χ0v) is 81.3. The summed E-state index contributed by atoms with van der Waals surface area (Å²) in [4.78, 5) is 59.2. The summed E-state index contributed by atoms with van der Waals surface area (Å²) >= 11 is 0. The van der Waals surface area contributed by atoms with Crippen LogP contribution < -0.4 is 0 Å². The molecule has 0 saturated heterocycles. The van der Waals surface area contributed by atoms with Crippen LogP contribution in [0, 0.1) is 0 Å².